The van der Waals surface area contributed by atoms with Gasteiger partial charge >= 0.3 is 0 Å². The second-order valence-electron chi connectivity index (χ2n) is 6.02. The lowest BCUT2D eigenvalue weighted by Crippen LogP contribution is -2.45. The predicted octanol–water partition coefficient (Wildman–Crippen LogP) is 2.22. The molecule has 0 aliphatic carbocycles. The van der Waals surface area contributed by atoms with Crippen LogP contribution in [0.25, 0.3) is 0 Å². The number of piperidine rings is 1. The summed E-state index contributed by atoms with van der Waals surface area (Å²) in [6.07, 6.45) is 1.04. The molecule has 5 heteroatoms. The van der Waals surface area contributed by atoms with Gasteiger partial charge < -0.3 is 15.0 Å². The molecule has 22 heavy (non-hydrogen) atoms. The topological polar surface area (TPSA) is 58.6 Å². The molecule has 116 valence electrons. The van der Waals surface area contributed by atoms with Crippen LogP contribution in [0.3, 0.4) is 0 Å². The minimum atomic E-state index is -0.149. The van der Waals surface area contributed by atoms with Crippen LogP contribution in [0.5, 0.6) is 5.75 Å². The fraction of sp³-hybridized carbons (Fsp3) is 0.412. The Balaban J connectivity index is 1.88. The molecule has 2 aliphatic rings. The minimum Gasteiger partial charge on any atom is -0.490 e. The number of benzene rings is 1. The first-order valence-electron chi connectivity index (χ1n) is 7.55. The lowest BCUT2D eigenvalue weighted by atomic mass is 10.0. The van der Waals surface area contributed by atoms with Crippen LogP contribution in [0.1, 0.15) is 42.6 Å². The molecule has 0 bridgehead atoms. The van der Waals surface area contributed by atoms with Crippen molar-refractivity contribution in [2.75, 3.05) is 0 Å². The maximum absolute atomic E-state index is 12.8. The van der Waals surface area contributed by atoms with E-state index in [4.69, 9.17) is 4.74 Å². The van der Waals surface area contributed by atoms with Gasteiger partial charge in [0, 0.05) is 18.7 Å². The number of rotatable bonds is 3. The number of nitrogens with zero attached hydrogens (tertiary/aromatic N) is 1. The Hall–Kier alpha value is -2.30. The van der Waals surface area contributed by atoms with E-state index in [-0.39, 0.29) is 24.0 Å². The van der Waals surface area contributed by atoms with E-state index < -0.39 is 0 Å². The second kappa shape index (κ2) is 5.48. The number of ether oxygens (including phenoxy) is 1. The summed E-state index contributed by atoms with van der Waals surface area (Å²) >= 11 is 0. The molecule has 3 rings (SSSR count). The third-order valence-corrected chi connectivity index (χ3v) is 4.01. The summed E-state index contributed by atoms with van der Waals surface area (Å²) in [7, 11) is 0. The van der Waals surface area contributed by atoms with Crippen molar-refractivity contribution in [3.8, 4) is 5.75 Å². The molecule has 1 aromatic carbocycles. The maximum Gasteiger partial charge on any atom is 0.258 e. The molecular weight excluding hydrogens is 280 g/mol. The number of nitrogens with one attached hydrogen (secondary N) is 1. The largest absolute Gasteiger partial charge is 0.490 e. The molecule has 2 heterocycles. The van der Waals surface area contributed by atoms with E-state index in [0.29, 0.717) is 36.4 Å². The van der Waals surface area contributed by atoms with Gasteiger partial charge in [-0.25, -0.2) is 0 Å². The normalized spacial score (nSPS) is 21.1. The van der Waals surface area contributed by atoms with Crippen LogP contribution in [0, 0.1) is 0 Å². The first kappa shape index (κ1) is 14.6. The van der Waals surface area contributed by atoms with Crippen molar-refractivity contribution >= 4 is 11.8 Å². The summed E-state index contributed by atoms with van der Waals surface area (Å²) in [5.74, 6) is 0.549. The van der Waals surface area contributed by atoms with E-state index in [9.17, 15) is 9.59 Å². The van der Waals surface area contributed by atoms with Gasteiger partial charge in [0.1, 0.15) is 5.75 Å². The fourth-order valence-corrected chi connectivity index (χ4v) is 3.06. The standard InChI is InChI=1S/C17H20N2O3/c1-10(2)22-14-6-4-5-12-9-19(17(21)16(12)14)13-7-8-15(20)18-11(13)3/h4-6,10,13H,3,7-9H2,1-2H3,(H,18,20). The number of carbonyl (C=O) groups is 2. The first-order chi connectivity index (χ1) is 10.5. The third kappa shape index (κ3) is 2.47. The van der Waals surface area contributed by atoms with Gasteiger partial charge in [0.2, 0.25) is 5.91 Å². The molecule has 1 saturated heterocycles. The predicted molar refractivity (Wildman–Crippen MR) is 82.4 cm³/mol. The average molecular weight is 300 g/mol. The monoisotopic (exact) mass is 300 g/mol. The summed E-state index contributed by atoms with van der Waals surface area (Å²) in [5, 5.41) is 2.74. The molecule has 0 aromatic heterocycles. The number of hydrogen-bond acceptors (Lipinski definition) is 3. The summed E-state index contributed by atoms with van der Waals surface area (Å²) in [4.78, 5) is 26.0. The lowest BCUT2D eigenvalue weighted by molar-refractivity contribution is -0.121. The average Bonchev–Trinajstić information content (AvgIpc) is 2.76. The molecule has 0 saturated carbocycles. The molecule has 1 N–H and O–H groups in total. The van der Waals surface area contributed by atoms with E-state index >= 15 is 0 Å². The highest BCUT2D eigenvalue weighted by atomic mass is 16.5. The molecule has 1 unspecified atom stereocenters. The van der Waals surface area contributed by atoms with Crippen molar-refractivity contribution in [1.29, 1.82) is 0 Å². The van der Waals surface area contributed by atoms with Crippen molar-refractivity contribution in [1.82, 2.24) is 10.2 Å². The van der Waals surface area contributed by atoms with Crippen molar-refractivity contribution in [3.05, 3.63) is 41.6 Å². The SMILES string of the molecule is C=C1NC(=O)CCC1N1Cc2cccc(OC(C)C)c2C1=O. The van der Waals surface area contributed by atoms with E-state index in [0.717, 1.165) is 5.56 Å². The minimum absolute atomic E-state index is 0.0114. The molecule has 5 nitrogen and oxygen atoms in total. The van der Waals surface area contributed by atoms with Crippen molar-refractivity contribution < 1.29 is 14.3 Å². The number of fused-ring (bicyclic) bond motifs is 1. The van der Waals surface area contributed by atoms with Crippen LogP contribution in [0.2, 0.25) is 0 Å². The zero-order valence-corrected chi connectivity index (χ0v) is 12.9. The highest BCUT2D eigenvalue weighted by Gasteiger charge is 2.38. The Kier molecular flexibility index (Phi) is 3.64. The second-order valence-corrected chi connectivity index (χ2v) is 6.02. The number of hydrogen-bond donors (Lipinski definition) is 1. The number of carbonyl (C=O) groups excluding carboxylic acids is 2. The van der Waals surface area contributed by atoms with Gasteiger partial charge in [-0.15, -0.1) is 0 Å². The van der Waals surface area contributed by atoms with Crippen LogP contribution in [0.15, 0.2) is 30.5 Å². The van der Waals surface area contributed by atoms with E-state index in [2.05, 4.69) is 11.9 Å². The molecule has 0 spiro atoms. The van der Waals surface area contributed by atoms with Crippen molar-refractivity contribution in [3.63, 3.8) is 0 Å². The molecule has 1 fully saturated rings. The van der Waals surface area contributed by atoms with Gasteiger partial charge in [0.15, 0.2) is 0 Å². The van der Waals surface area contributed by atoms with Gasteiger partial charge in [0.25, 0.3) is 5.91 Å². The Morgan fingerprint density at radius 1 is 1.36 bits per heavy atom. The van der Waals surface area contributed by atoms with Crippen LogP contribution in [-0.2, 0) is 11.3 Å². The Bertz CT molecular complexity index is 651. The lowest BCUT2D eigenvalue weighted by Gasteiger charge is -2.32. The molecule has 1 atom stereocenters. The van der Waals surface area contributed by atoms with Crippen LogP contribution in [-0.4, -0.2) is 28.9 Å². The Morgan fingerprint density at radius 3 is 2.82 bits per heavy atom. The fourth-order valence-electron chi connectivity index (χ4n) is 3.06. The zero-order chi connectivity index (χ0) is 15.9. The quantitative estimate of drug-likeness (QED) is 0.931. The van der Waals surface area contributed by atoms with Gasteiger partial charge in [-0.3, -0.25) is 9.59 Å². The number of amides is 2. The van der Waals surface area contributed by atoms with Gasteiger partial charge in [-0.05, 0) is 31.9 Å². The van der Waals surface area contributed by atoms with Gasteiger partial charge in [-0.1, -0.05) is 18.7 Å². The molecule has 2 aliphatic heterocycles. The molecule has 1 aromatic rings. The van der Waals surface area contributed by atoms with Crippen LogP contribution in [0.4, 0.5) is 0 Å². The van der Waals surface area contributed by atoms with E-state index in [1.54, 1.807) is 4.90 Å². The highest BCUT2D eigenvalue weighted by molar-refractivity contribution is 6.01. The Morgan fingerprint density at radius 2 is 2.14 bits per heavy atom. The first-order valence-corrected chi connectivity index (χ1v) is 7.55. The van der Waals surface area contributed by atoms with Gasteiger partial charge in [0.05, 0.1) is 17.7 Å². The molecule has 2 amide bonds. The van der Waals surface area contributed by atoms with Crippen molar-refractivity contribution in [2.45, 2.75) is 45.4 Å². The van der Waals surface area contributed by atoms with Crippen LogP contribution >= 0.6 is 0 Å². The molecular formula is C17H20N2O3. The molecule has 0 radical (unpaired) electrons. The van der Waals surface area contributed by atoms with Crippen molar-refractivity contribution in [2.24, 2.45) is 0 Å². The maximum atomic E-state index is 12.8. The summed E-state index contributed by atoms with van der Waals surface area (Å²) in [6.45, 7) is 8.31. The Labute approximate surface area is 129 Å². The summed E-state index contributed by atoms with van der Waals surface area (Å²) in [5.41, 5.74) is 2.21. The van der Waals surface area contributed by atoms with E-state index in [1.807, 2.05) is 32.0 Å². The summed E-state index contributed by atoms with van der Waals surface area (Å²) in [6, 6.07) is 5.54. The van der Waals surface area contributed by atoms with Crippen LogP contribution < -0.4 is 10.1 Å². The van der Waals surface area contributed by atoms with E-state index in [1.165, 1.54) is 0 Å². The third-order valence-electron chi connectivity index (χ3n) is 4.01. The zero-order valence-electron chi connectivity index (χ0n) is 12.9. The highest BCUT2D eigenvalue weighted by Crippen LogP contribution is 2.35. The smallest absolute Gasteiger partial charge is 0.258 e. The van der Waals surface area contributed by atoms with Gasteiger partial charge in [-0.2, -0.15) is 0 Å². The summed E-state index contributed by atoms with van der Waals surface area (Å²) < 4.78 is 5.77.